The van der Waals surface area contributed by atoms with Crippen molar-refractivity contribution in [3.63, 3.8) is 0 Å². The number of benzene rings is 1. The predicted molar refractivity (Wildman–Crippen MR) is 110 cm³/mol. The third-order valence-electron chi connectivity index (χ3n) is 5.12. The van der Waals surface area contributed by atoms with Crippen LogP contribution in [-0.4, -0.2) is 49.9 Å². The molecule has 0 saturated carbocycles. The van der Waals surface area contributed by atoms with E-state index in [1.165, 1.54) is 15.9 Å². The Kier molecular flexibility index (Phi) is 4.61. The molecule has 3 atom stereocenters. The third kappa shape index (κ3) is 3.33. The fourth-order valence-corrected chi connectivity index (χ4v) is 5.15. The zero-order valence-electron chi connectivity index (χ0n) is 16.2. The lowest BCUT2D eigenvalue weighted by atomic mass is 10.0. The molecule has 0 unspecified atom stereocenters. The van der Waals surface area contributed by atoms with Crippen LogP contribution in [0.2, 0.25) is 0 Å². The van der Waals surface area contributed by atoms with E-state index >= 15 is 0 Å². The minimum absolute atomic E-state index is 0.0921. The summed E-state index contributed by atoms with van der Waals surface area (Å²) in [5.41, 5.74) is 1.12. The average Bonchev–Trinajstić information content (AvgIpc) is 3.41. The van der Waals surface area contributed by atoms with Gasteiger partial charge >= 0.3 is 0 Å². The zero-order valence-corrected chi connectivity index (χ0v) is 17.0. The lowest BCUT2D eigenvalue weighted by molar-refractivity contribution is -0.0764. The smallest absolute Gasteiger partial charge is 0.230 e. The molecule has 7 nitrogen and oxygen atoms in total. The summed E-state index contributed by atoms with van der Waals surface area (Å²) in [4.78, 5) is 8.40. The van der Waals surface area contributed by atoms with E-state index in [9.17, 15) is 5.11 Å². The van der Waals surface area contributed by atoms with E-state index < -0.39 is 0 Å². The highest BCUT2D eigenvalue weighted by atomic mass is 32.1. The Bertz CT molecular complexity index is 1100. The molecule has 1 aromatic carbocycles. The topological polar surface area (TPSA) is 76.0 Å². The van der Waals surface area contributed by atoms with Crippen molar-refractivity contribution in [2.75, 3.05) is 13.1 Å². The first-order chi connectivity index (χ1) is 14.1. The van der Waals surface area contributed by atoms with Crippen molar-refractivity contribution < 1.29 is 14.3 Å². The average molecular weight is 410 g/mol. The molecule has 0 radical (unpaired) electrons. The Labute approximate surface area is 172 Å². The van der Waals surface area contributed by atoms with E-state index in [1.807, 2.05) is 18.2 Å². The Morgan fingerprint density at radius 3 is 2.52 bits per heavy atom. The molecule has 1 saturated heterocycles. The van der Waals surface area contributed by atoms with Gasteiger partial charge < -0.3 is 14.3 Å². The Hall–Kier alpha value is -2.68. The maximum Gasteiger partial charge on any atom is 0.230 e. The Morgan fingerprint density at radius 2 is 1.86 bits per heavy atom. The van der Waals surface area contributed by atoms with Gasteiger partial charge in [0.2, 0.25) is 16.7 Å². The van der Waals surface area contributed by atoms with Crippen molar-refractivity contribution in [2.45, 2.75) is 32.1 Å². The maximum atomic E-state index is 11.1. The molecule has 3 aromatic heterocycles. The number of hydrogen-bond acceptors (Lipinski definition) is 7. The van der Waals surface area contributed by atoms with Gasteiger partial charge in [-0.2, -0.15) is 9.50 Å². The number of nitrogens with zero attached hydrogens (tertiary/aromatic N) is 4. The minimum atomic E-state index is -0.0921. The van der Waals surface area contributed by atoms with Gasteiger partial charge in [-0.15, -0.1) is 5.10 Å². The lowest BCUT2D eigenvalue weighted by Crippen LogP contribution is -2.47. The molecule has 0 aliphatic carbocycles. The van der Waals surface area contributed by atoms with Crippen LogP contribution < -0.4 is 0 Å². The molecular weight excluding hydrogens is 388 g/mol. The fourth-order valence-electron chi connectivity index (χ4n) is 4.03. The molecule has 1 N–H and O–H groups in total. The number of aromatic hydroxyl groups is 1. The molecule has 1 aliphatic rings. The van der Waals surface area contributed by atoms with Crippen LogP contribution in [0, 0.1) is 0 Å². The van der Waals surface area contributed by atoms with E-state index in [4.69, 9.17) is 9.15 Å². The highest BCUT2D eigenvalue weighted by Crippen LogP contribution is 2.41. The van der Waals surface area contributed by atoms with Crippen LogP contribution in [0.5, 0.6) is 5.88 Å². The summed E-state index contributed by atoms with van der Waals surface area (Å²) in [6.07, 6.45) is 1.83. The van der Waals surface area contributed by atoms with Crippen LogP contribution in [0.3, 0.4) is 0 Å². The van der Waals surface area contributed by atoms with Gasteiger partial charge in [-0.05, 0) is 31.5 Å². The summed E-state index contributed by atoms with van der Waals surface area (Å²) in [5.74, 6) is 1.17. The van der Waals surface area contributed by atoms with E-state index in [2.05, 4.69) is 41.0 Å². The molecule has 4 heterocycles. The first-order valence-electron chi connectivity index (χ1n) is 9.67. The quantitative estimate of drug-likeness (QED) is 0.549. The number of rotatable bonds is 4. The molecule has 5 rings (SSSR count). The standard InChI is InChI=1S/C21H22N4O3S/c1-13-11-24(12-14(2)28-13)17(15-7-4-3-5-8-15)18-20(26)25-21(29-18)22-19(23-25)16-9-6-10-27-16/h3-10,13-14,17,26H,11-12H2,1-2H3/t13-,14-,17+/m1/s1. The summed E-state index contributed by atoms with van der Waals surface area (Å²) < 4.78 is 12.8. The van der Waals surface area contributed by atoms with Crippen LogP contribution >= 0.6 is 11.3 Å². The number of aromatic nitrogens is 3. The van der Waals surface area contributed by atoms with E-state index in [-0.39, 0.29) is 24.1 Å². The second-order valence-corrected chi connectivity index (χ2v) is 8.43. The summed E-state index contributed by atoms with van der Waals surface area (Å²) >= 11 is 1.46. The molecule has 29 heavy (non-hydrogen) atoms. The number of thiazole rings is 1. The molecule has 0 bridgehead atoms. The Balaban J connectivity index is 1.59. The second kappa shape index (κ2) is 7.29. The van der Waals surface area contributed by atoms with Crippen LogP contribution in [-0.2, 0) is 4.74 Å². The molecule has 1 fully saturated rings. The van der Waals surface area contributed by atoms with Gasteiger partial charge in [0, 0.05) is 13.1 Å². The molecule has 0 amide bonds. The third-order valence-corrected chi connectivity index (χ3v) is 6.19. The van der Waals surface area contributed by atoms with Crippen molar-refractivity contribution in [1.82, 2.24) is 19.5 Å². The largest absolute Gasteiger partial charge is 0.492 e. The number of hydrogen-bond donors (Lipinski definition) is 1. The summed E-state index contributed by atoms with van der Waals surface area (Å²) in [5, 5.41) is 15.5. The SMILES string of the molecule is C[C@@H]1CN([C@@H](c2ccccc2)c2sc3nc(-c4ccco4)nn3c2O)C[C@@H](C)O1. The molecule has 1 aliphatic heterocycles. The van der Waals surface area contributed by atoms with Crippen molar-refractivity contribution in [2.24, 2.45) is 0 Å². The van der Waals surface area contributed by atoms with Gasteiger partial charge in [-0.1, -0.05) is 41.7 Å². The monoisotopic (exact) mass is 410 g/mol. The summed E-state index contributed by atoms with van der Waals surface area (Å²) in [6.45, 7) is 5.75. The number of ether oxygens (including phenoxy) is 1. The molecule has 4 aromatic rings. The zero-order chi connectivity index (χ0) is 20.0. The van der Waals surface area contributed by atoms with Crippen LogP contribution in [0.15, 0.2) is 53.1 Å². The predicted octanol–water partition coefficient (Wildman–Crippen LogP) is 3.96. The van der Waals surface area contributed by atoms with Crippen LogP contribution in [0.4, 0.5) is 0 Å². The normalized spacial score (nSPS) is 21.6. The summed E-state index contributed by atoms with van der Waals surface area (Å²) in [7, 11) is 0. The van der Waals surface area contributed by atoms with Gasteiger partial charge in [0.05, 0.1) is 29.4 Å². The molecular formula is C21H22N4O3S. The van der Waals surface area contributed by atoms with Crippen LogP contribution in [0.25, 0.3) is 16.5 Å². The fraction of sp³-hybridized carbons (Fsp3) is 0.333. The van der Waals surface area contributed by atoms with Gasteiger partial charge in [-0.3, -0.25) is 4.90 Å². The van der Waals surface area contributed by atoms with Gasteiger partial charge in [0.25, 0.3) is 0 Å². The molecule has 150 valence electrons. The lowest BCUT2D eigenvalue weighted by Gasteiger charge is -2.40. The maximum absolute atomic E-state index is 11.1. The minimum Gasteiger partial charge on any atom is -0.492 e. The number of fused-ring (bicyclic) bond motifs is 1. The number of furan rings is 1. The van der Waals surface area contributed by atoms with Crippen molar-refractivity contribution >= 4 is 16.3 Å². The van der Waals surface area contributed by atoms with E-state index in [1.54, 1.807) is 18.4 Å². The first-order valence-corrected chi connectivity index (χ1v) is 10.5. The van der Waals surface area contributed by atoms with E-state index in [0.29, 0.717) is 16.5 Å². The van der Waals surface area contributed by atoms with Gasteiger partial charge in [-0.25, -0.2) is 0 Å². The number of morpholine rings is 1. The van der Waals surface area contributed by atoms with Crippen LogP contribution in [0.1, 0.15) is 30.3 Å². The second-order valence-electron chi connectivity index (χ2n) is 7.42. The van der Waals surface area contributed by atoms with Crippen molar-refractivity contribution in [3.8, 4) is 17.5 Å². The molecule has 0 spiro atoms. The Morgan fingerprint density at radius 1 is 1.10 bits per heavy atom. The summed E-state index contributed by atoms with van der Waals surface area (Å²) in [6, 6.07) is 13.8. The van der Waals surface area contributed by atoms with E-state index in [0.717, 1.165) is 23.5 Å². The van der Waals surface area contributed by atoms with Gasteiger partial charge in [0.15, 0.2) is 5.76 Å². The first kappa shape index (κ1) is 18.4. The molecule has 8 heteroatoms. The van der Waals surface area contributed by atoms with Crippen molar-refractivity contribution in [1.29, 1.82) is 0 Å². The highest BCUT2D eigenvalue weighted by molar-refractivity contribution is 7.17. The van der Waals surface area contributed by atoms with Crippen molar-refractivity contribution in [3.05, 3.63) is 59.2 Å². The van der Waals surface area contributed by atoms with Gasteiger partial charge in [0.1, 0.15) is 0 Å². The highest BCUT2D eigenvalue weighted by Gasteiger charge is 2.34.